The third kappa shape index (κ3) is 5.82. The van der Waals surface area contributed by atoms with Crippen LogP contribution in [0.5, 0.6) is 0 Å². The predicted molar refractivity (Wildman–Crippen MR) is 132 cm³/mol. The van der Waals surface area contributed by atoms with Crippen molar-refractivity contribution in [3.63, 3.8) is 0 Å². The second-order valence-corrected chi connectivity index (χ2v) is 8.94. The van der Waals surface area contributed by atoms with Gasteiger partial charge in [0.2, 0.25) is 0 Å². The van der Waals surface area contributed by atoms with Crippen molar-refractivity contribution in [2.45, 2.75) is 13.0 Å². The number of piperazine rings is 1. The third-order valence-electron chi connectivity index (χ3n) is 6.04. The molecule has 4 rings (SSSR count). The van der Waals surface area contributed by atoms with Crippen molar-refractivity contribution in [3.8, 4) is 11.3 Å². The molecule has 0 aliphatic carbocycles. The Morgan fingerprint density at radius 2 is 1.77 bits per heavy atom. The van der Waals surface area contributed by atoms with Crippen LogP contribution < -0.4 is 5.32 Å². The normalized spacial score (nSPS) is 15.6. The van der Waals surface area contributed by atoms with E-state index in [1.165, 1.54) is 22.2 Å². The minimum absolute atomic E-state index is 0.953. The molecule has 1 saturated heterocycles. The van der Waals surface area contributed by atoms with Crippen molar-refractivity contribution in [2.75, 3.05) is 65.7 Å². The maximum Gasteiger partial charge on any atom is 0.0730 e. The van der Waals surface area contributed by atoms with Crippen LogP contribution in [-0.2, 0) is 6.54 Å². The van der Waals surface area contributed by atoms with Crippen molar-refractivity contribution < 1.29 is 0 Å². The van der Waals surface area contributed by atoms with Crippen LogP contribution in [0, 0.1) is 0 Å². The van der Waals surface area contributed by atoms with E-state index < -0.39 is 0 Å². The Kier molecular flexibility index (Phi) is 7.17. The van der Waals surface area contributed by atoms with Crippen LogP contribution in [0.4, 0.5) is 5.69 Å². The minimum atomic E-state index is 0.953. The maximum atomic E-state index is 4.99. The Morgan fingerprint density at radius 1 is 0.968 bits per heavy atom. The van der Waals surface area contributed by atoms with E-state index in [-0.39, 0.29) is 0 Å². The highest BCUT2D eigenvalue weighted by Crippen LogP contribution is 2.29. The number of pyridine rings is 1. The molecule has 1 aliphatic heterocycles. The molecule has 31 heavy (non-hydrogen) atoms. The number of rotatable bonds is 8. The molecular weight excluding hydrogens is 382 g/mol. The van der Waals surface area contributed by atoms with Gasteiger partial charge in [0, 0.05) is 55.9 Å². The van der Waals surface area contributed by atoms with Gasteiger partial charge in [-0.25, -0.2) is 4.98 Å². The van der Waals surface area contributed by atoms with Crippen LogP contribution in [0.2, 0.25) is 0 Å². The predicted octanol–water partition coefficient (Wildman–Crippen LogP) is 4.01. The molecule has 5 heteroatoms. The van der Waals surface area contributed by atoms with Crippen LogP contribution in [0.3, 0.4) is 0 Å². The summed E-state index contributed by atoms with van der Waals surface area (Å²) in [6, 6.07) is 19.5. The summed E-state index contributed by atoms with van der Waals surface area (Å²) in [6.07, 6.45) is 1.11. The van der Waals surface area contributed by atoms with Crippen LogP contribution >= 0.6 is 0 Å². The van der Waals surface area contributed by atoms with Gasteiger partial charge in [0.25, 0.3) is 0 Å². The minimum Gasteiger partial charge on any atom is -0.384 e. The van der Waals surface area contributed by atoms with Gasteiger partial charge in [0.1, 0.15) is 0 Å². The van der Waals surface area contributed by atoms with Gasteiger partial charge in [-0.2, -0.15) is 0 Å². The molecule has 5 nitrogen and oxygen atoms in total. The van der Waals surface area contributed by atoms with Gasteiger partial charge in [0.15, 0.2) is 0 Å². The summed E-state index contributed by atoms with van der Waals surface area (Å²) in [6.45, 7) is 7.60. The fourth-order valence-electron chi connectivity index (χ4n) is 4.18. The Bertz CT molecular complexity index is 992. The standard InChI is InChI=1S/C26H35N5/c1-29(2)13-7-12-27-26-19-25(28-24-11-5-4-10-23(24)26)22-9-6-8-21(18-22)20-31-16-14-30(3)15-17-31/h4-6,8-11,18-19H,7,12-17,20H2,1-3H3,(H,27,28). The van der Waals surface area contributed by atoms with Crippen LogP contribution in [0.1, 0.15) is 12.0 Å². The summed E-state index contributed by atoms with van der Waals surface area (Å²) in [7, 11) is 6.44. The molecule has 0 amide bonds. The lowest BCUT2D eigenvalue weighted by Crippen LogP contribution is -2.43. The Morgan fingerprint density at radius 3 is 2.58 bits per heavy atom. The first kappa shape index (κ1) is 21.8. The van der Waals surface area contributed by atoms with E-state index in [2.05, 4.69) is 95.8 Å². The number of fused-ring (bicyclic) bond motifs is 1. The summed E-state index contributed by atoms with van der Waals surface area (Å²) in [5.41, 5.74) is 5.80. The van der Waals surface area contributed by atoms with E-state index in [4.69, 9.17) is 4.98 Å². The van der Waals surface area contributed by atoms with E-state index in [1.807, 2.05) is 0 Å². The molecule has 164 valence electrons. The molecule has 1 aliphatic rings. The van der Waals surface area contributed by atoms with Crippen molar-refractivity contribution in [1.82, 2.24) is 19.7 Å². The average Bonchev–Trinajstić information content (AvgIpc) is 2.78. The van der Waals surface area contributed by atoms with Crippen molar-refractivity contribution >= 4 is 16.6 Å². The first-order chi connectivity index (χ1) is 15.1. The number of nitrogens with one attached hydrogen (secondary N) is 1. The summed E-state index contributed by atoms with van der Waals surface area (Å²) in [4.78, 5) is 12.2. The molecule has 0 bridgehead atoms. The molecule has 0 saturated carbocycles. The number of benzene rings is 2. The van der Waals surface area contributed by atoms with Gasteiger partial charge in [-0.1, -0.05) is 36.4 Å². The second kappa shape index (κ2) is 10.2. The molecule has 0 atom stereocenters. The number of likely N-dealkylation sites (N-methyl/N-ethyl adjacent to an activating group) is 1. The Labute approximate surface area is 186 Å². The fourth-order valence-corrected chi connectivity index (χ4v) is 4.18. The molecule has 2 aromatic carbocycles. The molecule has 0 radical (unpaired) electrons. The lowest BCUT2D eigenvalue weighted by molar-refractivity contribution is 0.148. The zero-order chi connectivity index (χ0) is 21.6. The van der Waals surface area contributed by atoms with Crippen molar-refractivity contribution in [2.24, 2.45) is 0 Å². The number of aromatic nitrogens is 1. The number of nitrogens with zero attached hydrogens (tertiary/aromatic N) is 4. The molecule has 2 heterocycles. The molecule has 3 aromatic rings. The monoisotopic (exact) mass is 417 g/mol. The zero-order valence-corrected chi connectivity index (χ0v) is 19.1. The van der Waals surface area contributed by atoms with Crippen LogP contribution in [0.25, 0.3) is 22.2 Å². The molecule has 1 N–H and O–H groups in total. The van der Waals surface area contributed by atoms with Crippen molar-refractivity contribution in [1.29, 1.82) is 0 Å². The Hall–Kier alpha value is -2.47. The lowest BCUT2D eigenvalue weighted by Gasteiger charge is -2.32. The van der Waals surface area contributed by atoms with Gasteiger partial charge in [-0.05, 0) is 57.9 Å². The largest absolute Gasteiger partial charge is 0.384 e. The topological polar surface area (TPSA) is 34.6 Å². The number of anilines is 1. The van der Waals surface area contributed by atoms with E-state index in [9.17, 15) is 0 Å². The van der Waals surface area contributed by atoms with Crippen LogP contribution in [0.15, 0.2) is 54.6 Å². The quantitative estimate of drug-likeness (QED) is 0.560. The van der Waals surface area contributed by atoms with Gasteiger partial charge < -0.3 is 15.1 Å². The Balaban J connectivity index is 1.55. The second-order valence-electron chi connectivity index (χ2n) is 8.94. The van der Waals surface area contributed by atoms with E-state index in [0.717, 1.165) is 63.4 Å². The molecular formula is C26H35N5. The van der Waals surface area contributed by atoms with Crippen LogP contribution in [-0.4, -0.2) is 80.1 Å². The average molecular weight is 418 g/mol. The first-order valence-corrected chi connectivity index (χ1v) is 11.4. The molecule has 1 fully saturated rings. The highest BCUT2D eigenvalue weighted by molar-refractivity contribution is 5.93. The van der Waals surface area contributed by atoms with E-state index in [1.54, 1.807) is 0 Å². The first-order valence-electron chi connectivity index (χ1n) is 11.4. The van der Waals surface area contributed by atoms with E-state index in [0.29, 0.717) is 0 Å². The lowest BCUT2D eigenvalue weighted by atomic mass is 10.0. The third-order valence-corrected chi connectivity index (χ3v) is 6.04. The summed E-state index contributed by atoms with van der Waals surface area (Å²) < 4.78 is 0. The van der Waals surface area contributed by atoms with Gasteiger partial charge in [-0.3, -0.25) is 4.90 Å². The SMILES string of the molecule is CN(C)CCCNc1cc(-c2cccc(CN3CCN(C)CC3)c2)nc2ccccc12. The van der Waals surface area contributed by atoms with Gasteiger partial charge in [0.05, 0.1) is 11.2 Å². The fraction of sp³-hybridized carbons (Fsp3) is 0.423. The molecule has 0 unspecified atom stereocenters. The zero-order valence-electron chi connectivity index (χ0n) is 19.1. The van der Waals surface area contributed by atoms with Gasteiger partial charge >= 0.3 is 0 Å². The molecule has 1 aromatic heterocycles. The highest BCUT2D eigenvalue weighted by Gasteiger charge is 2.14. The number of hydrogen-bond donors (Lipinski definition) is 1. The van der Waals surface area contributed by atoms with Crippen molar-refractivity contribution in [3.05, 3.63) is 60.2 Å². The van der Waals surface area contributed by atoms with Gasteiger partial charge in [-0.15, -0.1) is 0 Å². The summed E-state index contributed by atoms with van der Waals surface area (Å²) >= 11 is 0. The summed E-state index contributed by atoms with van der Waals surface area (Å²) in [5.74, 6) is 0. The highest BCUT2D eigenvalue weighted by atomic mass is 15.2. The smallest absolute Gasteiger partial charge is 0.0730 e. The summed E-state index contributed by atoms with van der Waals surface area (Å²) in [5, 5.41) is 4.84. The van der Waals surface area contributed by atoms with E-state index >= 15 is 0 Å². The number of hydrogen-bond acceptors (Lipinski definition) is 5. The number of para-hydroxylation sites is 1. The maximum absolute atomic E-state index is 4.99. The molecule has 0 spiro atoms.